The molecule has 1 saturated heterocycles. The lowest BCUT2D eigenvalue weighted by Crippen LogP contribution is -2.48. The van der Waals surface area contributed by atoms with E-state index in [4.69, 9.17) is 4.74 Å². The van der Waals surface area contributed by atoms with Crippen LogP contribution in [0.3, 0.4) is 0 Å². The highest BCUT2D eigenvalue weighted by molar-refractivity contribution is 5.41. The molecule has 3 heteroatoms. The molecule has 0 aromatic carbocycles. The third-order valence-corrected chi connectivity index (χ3v) is 2.65. The zero-order valence-corrected chi connectivity index (χ0v) is 9.66. The molecule has 2 rings (SSSR count). The first kappa shape index (κ1) is 10.4. The highest BCUT2D eigenvalue weighted by Crippen LogP contribution is 2.21. The highest BCUT2D eigenvalue weighted by Gasteiger charge is 2.27. The predicted octanol–water partition coefficient (Wildman–Crippen LogP) is 2.01. The quantitative estimate of drug-likeness (QED) is 0.702. The van der Waals surface area contributed by atoms with Gasteiger partial charge in [0, 0.05) is 19.3 Å². The van der Waals surface area contributed by atoms with E-state index in [-0.39, 0.29) is 5.60 Å². The number of nitrogens with zero attached hydrogens (tertiary/aromatic N) is 2. The van der Waals surface area contributed by atoms with Gasteiger partial charge in [0.15, 0.2) is 0 Å². The summed E-state index contributed by atoms with van der Waals surface area (Å²) in [6.07, 6.45) is 1.87. The van der Waals surface area contributed by atoms with Crippen LogP contribution in [0.2, 0.25) is 0 Å². The lowest BCUT2D eigenvalue weighted by atomic mass is 10.1. The number of aryl methyl sites for hydroxylation is 1. The SMILES string of the molecule is Cc1ccnc(N2CCOC(C)(C)C2)c1. The summed E-state index contributed by atoms with van der Waals surface area (Å²) >= 11 is 0. The second kappa shape index (κ2) is 3.81. The maximum atomic E-state index is 5.68. The van der Waals surface area contributed by atoms with Crippen LogP contribution in [0, 0.1) is 6.92 Å². The average molecular weight is 206 g/mol. The summed E-state index contributed by atoms with van der Waals surface area (Å²) in [5.41, 5.74) is 1.19. The van der Waals surface area contributed by atoms with Gasteiger partial charge in [-0.2, -0.15) is 0 Å². The van der Waals surface area contributed by atoms with Gasteiger partial charge in [-0.3, -0.25) is 0 Å². The van der Waals surface area contributed by atoms with Crippen LogP contribution in [0.15, 0.2) is 18.3 Å². The number of hydrogen-bond acceptors (Lipinski definition) is 3. The van der Waals surface area contributed by atoms with Crippen molar-refractivity contribution in [2.45, 2.75) is 26.4 Å². The fraction of sp³-hybridized carbons (Fsp3) is 0.583. The molecule has 0 saturated carbocycles. The third-order valence-electron chi connectivity index (χ3n) is 2.65. The summed E-state index contributed by atoms with van der Waals surface area (Å²) in [7, 11) is 0. The molecule has 2 heterocycles. The second-order valence-corrected chi connectivity index (χ2v) is 4.72. The van der Waals surface area contributed by atoms with Crippen molar-refractivity contribution in [1.29, 1.82) is 0 Å². The third kappa shape index (κ3) is 2.48. The Hall–Kier alpha value is -1.09. The monoisotopic (exact) mass is 206 g/mol. The van der Waals surface area contributed by atoms with E-state index in [1.807, 2.05) is 12.3 Å². The fourth-order valence-corrected chi connectivity index (χ4v) is 1.91. The van der Waals surface area contributed by atoms with Gasteiger partial charge in [0.25, 0.3) is 0 Å². The molecule has 0 N–H and O–H groups in total. The summed E-state index contributed by atoms with van der Waals surface area (Å²) < 4.78 is 5.68. The number of pyridine rings is 1. The van der Waals surface area contributed by atoms with Gasteiger partial charge >= 0.3 is 0 Å². The normalized spacial score (nSPS) is 20.3. The maximum absolute atomic E-state index is 5.68. The Balaban J connectivity index is 2.17. The molecule has 15 heavy (non-hydrogen) atoms. The number of aromatic nitrogens is 1. The van der Waals surface area contributed by atoms with E-state index in [9.17, 15) is 0 Å². The topological polar surface area (TPSA) is 25.4 Å². The molecule has 3 nitrogen and oxygen atoms in total. The highest BCUT2D eigenvalue weighted by atomic mass is 16.5. The second-order valence-electron chi connectivity index (χ2n) is 4.72. The van der Waals surface area contributed by atoms with Gasteiger partial charge < -0.3 is 9.64 Å². The van der Waals surface area contributed by atoms with Crippen LogP contribution in [0.4, 0.5) is 5.82 Å². The number of ether oxygens (including phenoxy) is 1. The van der Waals surface area contributed by atoms with Gasteiger partial charge in [-0.1, -0.05) is 0 Å². The Kier molecular flexibility index (Phi) is 2.65. The first-order valence-electron chi connectivity index (χ1n) is 5.38. The fourth-order valence-electron chi connectivity index (χ4n) is 1.91. The Morgan fingerprint density at radius 1 is 1.47 bits per heavy atom. The molecule has 1 fully saturated rings. The van der Waals surface area contributed by atoms with E-state index < -0.39 is 0 Å². The van der Waals surface area contributed by atoms with Crippen molar-refractivity contribution in [2.75, 3.05) is 24.6 Å². The molecule has 0 spiro atoms. The molecule has 82 valence electrons. The van der Waals surface area contributed by atoms with Crippen molar-refractivity contribution in [3.05, 3.63) is 23.9 Å². The minimum Gasteiger partial charge on any atom is -0.372 e. The summed E-state index contributed by atoms with van der Waals surface area (Å²) in [6, 6.07) is 4.15. The molecule has 0 aliphatic carbocycles. The zero-order chi connectivity index (χ0) is 10.9. The van der Waals surface area contributed by atoms with Gasteiger partial charge in [-0.15, -0.1) is 0 Å². The number of anilines is 1. The van der Waals surface area contributed by atoms with E-state index in [2.05, 4.69) is 36.7 Å². The molecule has 0 atom stereocenters. The Morgan fingerprint density at radius 2 is 2.27 bits per heavy atom. The van der Waals surface area contributed by atoms with E-state index in [0.717, 1.165) is 25.5 Å². The van der Waals surface area contributed by atoms with Crippen LogP contribution in [0.5, 0.6) is 0 Å². The molecule has 0 unspecified atom stereocenters. The molecule has 0 radical (unpaired) electrons. The number of hydrogen-bond donors (Lipinski definition) is 0. The van der Waals surface area contributed by atoms with E-state index >= 15 is 0 Å². The lowest BCUT2D eigenvalue weighted by molar-refractivity contribution is -0.0279. The smallest absolute Gasteiger partial charge is 0.128 e. The van der Waals surface area contributed by atoms with E-state index in [1.54, 1.807) is 0 Å². The zero-order valence-electron chi connectivity index (χ0n) is 9.66. The molecular formula is C12H18N2O. The minimum atomic E-state index is -0.0658. The van der Waals surface area contributed by atoms with Gasteiger partial charge in [0.05, 0.1) is 12.2 Å². The Morgan fingerprint density at radius 3 is 2.93 bits per heavy atom. The largest absolute Gasteiger partial charge is 0.372 e. The summed E-state index contributed by atoms with van der Waals surface area (Å²) in [5, 5.41) is 0. The molecular weight excluding hydrogens is 188 g/mol. The lowest BCUT2D eigenvalue weighted by Gasteiger charge is -2.38. The van der Waals surface area contributed by atoms with E-state index in [1.165, 1.54) is 5.56 Å². The van der Waals surface area contributed by atoms with E-state index in [0.29, 0.717) is 0 Å². The van der Waals surface area contributed by atoms with Gasteiger partial charge in [-0.25, -0.2) is 4.98 Å². The number of morpholine rings is 1. The molecule has 0 amide bonds. The minimum absolute atomic E-state index is 0.0658. The van der Waals surface area contributed by atoms with Crippen LogP contribution < -0.4 is 4.90 Å². The maximum Gasteiger partial charge on any atom is 0.128 e. The molecule has 0 bridgehead atoms. The van der Waals surface area contributed by atoms with Crippen molar-refractivity contribution in [1.82, 2.24) is 4.98 Å². The van der Waals surface area contributed by atoms with Crippen molar-refractivity contribution < 1.29 is 4.74 Å². The van der Waals surface area contributed by atoms with Gasteiger partial charge in [-0.05, 0) is 38.5 Å². The summed E-state index contributed by atoms with van der Waals surface area (Å²) in [4.78, 5) is 6.69. The standard InChI is InChI=1S/C12H18N2O/c1-10-4-5-13-11(8-10)14-6-7-15-12(2,3)9-14/h4-5,8H,6-7,9H2,1-3H3. The van der Waals surface area contributed by atoms with Gasteiger partial charge in [0.1, 0.15) is 5.82 Å². The predicted molar refractivity (Wildman–Crippen MR) is 61.2 cm³/mol. The Labute approximate surface area is 91.1 Å². The first-order valence-corrected chi connectivity index (χ1v) is 5.38. The van der Waals surface area contributed by atoms with Crippen LogP contribution in [-0.2, 0) is 4.74 Å². The molecule has 1 aromatic heterocycles. The van der Waals surface area contributed by atoms with Crippen LogP contribution in [-0.4, -0.2) is 30.3 Å². The van der Waals surface area contributed by atoms with Crippen molar-refractivity contribution >= 4 is 5.82 Å². The molecule has 1 aliphatic rings. The van der Waals surface area contributed by atoms with Crippen molar-refractivity contribution in [2.24, 2.45) is 0 Å². The van der Waals surface area contributed by atoms with Gasteiger partial charge in [0.2, 0.25) is 0 Å². The summed E-state index contributed by atoms with van der Waals surface area (Å²) in [6.45, 7) is 8.95. The molecule has 1 aromatic rings. The van der Waals surface area contributed by atoms with Crippen molar-refractivity contribution in [3.8, 4) is 0 Å². The average Bonchev–Trinajstić information content (AvgIpc) is 2.16. The number of rotatable bonds is 1. The van der Waals surface area contributed by atoms with Crippen LogP contribution in [0.25, 0.3) is 0 Å². The Bertz CT molecular complexity index is 349. The molecule has 1 aliphatic heterocycles. The first-order chi connectivity index (χ1) is 7.07. The van der Waals surface area contributed by atoms with Crippen LogP contribution >= 0.6 is 0 Å². The summed E-state index contributed by atoms with van der Waals surface area (Å²) in [5.74, 6) is 1.06. The van der Waals surface area contributed by atoms with Crippen molar-refractivity contribution in [3.63, 3.8) is 0 Å². The van der Waals surface area contributed by atoms with Crippen LogP contribution in [0.1, 0.15) is 19.4 Å².